The van der Waals surface area contributed by atoms with E-state index in [1.807, 2.05) is 19.1 Å². The molecule has 0 saturated heterocycles. The van der Waals surface area contributed by atoms with Gasteiger partial charge in [0, 0.05) is 17.5 Å². The van der Waals surface area contributed by atoms with E-state index < -0.39 is 0 Å². The maximum Gasteiger partial charge on any atom is 0.213 e. The minimum atomic E-state index is 0.462. The van der Waals surface area contributed by atoms with Gasteiger partial charge in [-0.25, -0.2) is 4.98 Å². The molecule has 0 aliphatic heterocycles. The van der Waals surface area contributed by atoms with Crippen LogP contribution < -0.4 is 5.32 Å². The molecule has 6 heteroatoms. The highest BCUT2D eigenvalue weighted by Gasteiger charge is 2.07. The molecule has 1 aromatic heterocycles. The number of H-pyrrole nitrogens is 1. The Morgan fingerprint density at radius 2 is 2.21 bits per heavy atom. The third-order valence-corrected chi connectivity index (χ3v) is 3.85. The van der Waals surface area contributed by atoms with E-state index in [1.54, 1.807) is 0 Å². The van der Waals surface area contributed by atoms with Gasteiger partial charge in [0.2, 0.25) is 5.16 Å². The molecule has 0 aliphatic rings. The Hall–Kier alpha value is -1.04. The number of hydrogen-bond donors (Lipinski definition) is 2. The van der Waals surface area contributed by atoms with Crippen LogP contribution in [-0.2, 0) is 6.54 Å². The first-order valence-electron chi connectivity index (χ1n) is 6.13. The number of hydrogen-bond acceptors (Lipinski definition) is 4. The zero-order chi connectivity index (χ0) is 13.8. The first-order chi connectivity index (χ1) is 9.04. The molecule has 2 N–H and O–H groups in total. The van der Waals surface area contributed by atoms with E-state index >= 15 is 0 Å². The molecule has 1 aromatic carbocycles. The average molecular weight is 297 g/mol. The SMILES string of the molecule is Cc1nc(Sc2ccc(CNC(C)C)cc2Cl)n[nH]1. The molecule has 4 nitrogen and oxygen atoms in total. The summed E-state index contributed by atoms with van der Waals surface area (Å²) in [6, 6.07) is 6.53. The molecule has 102 valence electrons. The summed E-state index contributed by atoms with van der Waals surface area (Å²) in [5.74, 6) is 0.802. The van der Waals surface area contributed by atoms with Gasteiger partial charge >= 0.3 is 0 Å². The van der Waals surface area contributed by atoms with Crippen LogP contribution in [0.15, 0.2) is 28.3 Å². The summed E-state index contributed by atoms with van der Waals surface area (Å²) in [6.45, 7) is 6.94. The summed E-state index contributed by atoms with van der Waals surface area (Å²) in [6.07, 6.45) is 0. The molecule has 0 amide bonds. The van der Waals surface area contributed by atoms with Crippen LogP contribution in [0.3, 0.4) is 0 Å². The highest BCUT2D eigenvalue weighted by molar-refractivity contribution is 7.99. The maximum atomic E-state index is 6.29. The Balaban J connectivity index is 2.06. The first kappa shape index (κ1) is 14.4. The lowest BCUT2D eigenvalue weighted by Gasteiger charge is -2.09. The molecule has 0 bridgehead atoms. The van der Waals surface area contributed by atoms with Crippen molar-refractivity contribution in [2.75, 3.05) is 0 Å². The number of aryl methyl sites for hydroxylation is 1. The molecule has 2 aromatic rings. The molecule has 0 atom stereocenters. The summed E-state index contributed by atoms with van der Waals surface area (Å²) in [5.41, 5.74) is 1.18. The third kappa shape index (κ3) is 4.23. The van der Waals surface area contributed by atoms with E-state index in [-0.39, 0.29) is 0 Å². The lowest BCUT2D eigenvalue weighted by molar-refractivity contribution is 0.588. The van der Waals surface area contributed by atoms with Gasteiger partial charge in [0.15, 0.2) is 0 Å². The molecule has 0 radical (unpaired) electrons. The predicted molar refractivity (Wildman–Crippen MR) is 78.7 cm³/mol. The molecule has 0 aliphatic carbocycles. The van der Waals surface area contributed by atoms with Crippen molar-refractivity contribution in [1.82, 2.24) is 20.5 Å². The van der Waals surface area contributed by atoms with Crippen LogP contribution >= 0.6 is 23.4 Å². The van der Waals surface area contributed by atoms with Crippen molar-refractivity contribution in [2.45, 2.75) is 43.4 Å². The average Bonchev–Trinajstić information content (AvgIpc) is 2.75. The zero-order valence-corrected chi connectivity index (χ0v) is 12.8. The molecular formula is C13H17ClN4S. The Kier molecular flexibility index (Phi) is 4.85. The van der Waals surface area contributed by atoms with Crippen LogP contribution in [0.25, 0.3) is 0 Å². The second-order valence-corrected chi connectivity index (χ2v) is 6.02. The van der Waals surface area contributed by atoms with Crippen LogP contribution in [0.1, 0.15) is 25.2 Å². The number of rotatable bonds is 5. The second kappa shape index (κ2) is 6.41. The standard InChI is InChI=1S/C13H17ClN4S/c1-8(2)15-7-10-4-5-12(11(14)6-10)19-13-16-9(3)17-18-13/h4-6,8,15H,7H2,1-3H3,(H,16,17,18). The molecular weight excluding hydrogens is 280 g/mol. The molecule has 1 heterocycles. The van der Waals surface area contributed by atoms with Gasteiger partial charge in [0.25, 0.3) is 0 Å². The van der Waals surface area contributed by atoms with Crippen molar-refractivity contribution in [3.8, 4) is 0 Å². The van der Waals surface area contributed by atoms with Crippen LogP contribution in [-0.4, -0.2) is 21.2 Å². The smallest absolute Gasteiger partial charge is 0.213 e. The van der Waals surface area contributed by atoms with Gasteiger partial charge in [0.05, 0.1) is 5.02 Å². The molecule has 0 spiro atoms. The van der Waals surface area contributed by atoms with Gasteiger partial charge in [0.1, 0.15) is 5.82 Å². The normalized spacial score (nSPS) is 11.2. The van der Waals surface area contributed by atoms with Crippen LogP contribution in [0.4, 0.5) is 0 Å². The van der Waals surface area contributed by atoms with E-state index in [2.05, 4.69) is 40.4 Å². The Labute approximate surface area is 122 Å². The van der Waals surface area contributed by atoms with E-state index in [1.165, 1.54) is 17.3 Å². The van der Waals surface area contributed by atoms with Crippen molar-refractivity contribution >= 4 is 23.4 Å². The number of halogens is 1. The topological polar surface area (TPSA) is 53.6 Å². The summed E-state index contributed by atoms with van der Waals surface area (Å²) in [7, 11) is 0. The second-order valence-electron chi connectivity index (χ2n) is 4.61. The summed E-state index contributed by atoms with van der Waals surface area (Å²) >= 11 is 7.75. The zero-order valence-electron chi connectivity index (χ0n) is 11.2. The predicted octanol–water partition coefficient (Wildman–Crippen LogP) is 3.42. The molecule has 0 fully saturated rings. The summed E-state index contributed by atoms with van der Waals surface area (Å²) in [5, 5.41) is 11.7. The fourth-order valence-electron chi connectivity index (χ4n) is 1.53. The highest BCUT2D eigenvalue weighted by Crippen LogP contribution is 2.31. The van der Waals surface area contributed by atoms with Gasteiger partial charge in [-0.1, -0.05) is 31.5 Å². The molecule has 0 saturated carbocycles. The van der Waals surface area contributed by atoms with E-state index in [0.717, 1.165) is 22.3 Å². The third-order valence-electron chi connectivity index (χ3n) is 2.49. The lowest BCUT2D eigenvalue weighted by Crippen LogP contribution is -2.21. The van der Waals surface area contributed by atoms with Crippen molar-refractivity contribution in [1.29, 1.82) is 0 Å². The minimum Gasteiger partial charge on any atom is -0.310 e. The first-order valence-corrected chi connectivity index (χ1v) is 7.32. The summed E-state index contributed by atoms with van der Waals surface area (Å²) in [4.78, 5) is 5.22. The number of benzene rings is 1. The van der Waals surface area contributed by atoms with E-state index in [9.17, 15) is 0 Å². The van der Waals surface area contributed by atoms with Gasteiger partial charge in [-0.15, -0.1) is 5.10 Å². The van der Waals surface area contributed by atoms with Crippen molar-refractivity contribution in [3.05, 3.63) is 34.6 Å². The Morgan fingerprint density at radius 3 is 2.79 bits per heavy atom. The quantitative estimate of drug-likeness (QED) is 0.888. The van der Waals surface area contributed by atoms with Crippen LogP contribution in [0.2, 0.25) is 5.02 Å². The van der Waals surface area contributed by atoms with E-state index in [0.29, 0.717) is 11.2 Å². The fraction of sp³-hybridized carbons (Fsp3) is 0.385. The summed E-state index contributed by atoms with van der Waals surface area (Å²) < 4.78 is 0. The molecule has 2 rings (SSSR count). The Bertz CT molecular complexity index is 553. The van der Waals surface area contributed by atoms with Crippen molar-refractivity contribution in [2.24, 2.45) is 0 Å². The number of nitrogens with zero attached hydrogens (tertiary/aromatic N) is 2. The molecule has 19 heavy (non-hydrogen) atoms. The van der Waals surface area contributed by atoms with Gasteiger partial charge in [-0.3, -0.25) is 5.10 Å². The fourth-order valence-corrected chi connectivity index (χ4v) is 2.61. The maximum absolute atomic E-state index is 6.29. The van der Waals surface area contributed by atoms with Crippen molar-refractivity contribution < 1.29 is 0 Å². The highest BCUT2D eigenvalue weighted by atomic mass is 35.5. The molecule has 0 unspecified atom stereocenters. The minimum absolute atomic E-state index is 0.462. The largest absolute Gasteiger partial charge is 0.310 e. The van der Waals surface area contributed by atoms with Crippen LogP contribution in [0.5, 0.6) is 0 Å². The number of aromatic amines is 1. The lowest BCUT2D eigenvalue weighted by atomic mass is 10.2. The Morgan fingerprint density at radius 1 is 1.42 bits per heavy atom. The van der Waals surface area contributed by atoms with Gasteiger partial charge in [-0.05, 0) is 36.4 Å². The monoisotopic (exact) mass is 296 g/mol. The van der Waals surface area contributed by atoms with Crippen LogP contribution in [0, 0.1) is 6.92 Å². The van der Waals surface area contributed by atoms with E-state index in [4.69, 9.17) is 11.6 Å². The van der Waals surface area contributed by atoms with Gasteiger partial charge < -0.3 is 5.32 Å². The van der Waals surface area contributed by atoms with Gasteiger partial charge in [-0.2, -0.15) is 0 Å². The number of nitrogens with one attached hydrogen (secondary N) is 2. The number of aromatic nitrogens is 3. The van der Waals surface area contributed by atoms with Crippen molar-refractivity contribution in [3.63, 3.8) is 0 Å².